The summed E-state index contributed by atoms with van der Waals surface area (Å²) in [5.41, 5.74) is 9.99. The number of para-hydroxylation sites is 1. The molecule has 4 N–H and O–H groups in total. The molecule has 1 aliphatic carbocycles. The zero-order chi connectivity index (χ0) is 20.3. The van der Waals surface area contributed by atoms with Crippen LogP contribution in [0.4, 0.5) is 13.2 Å². The number of rotatable bonds is 6. The summed E-state index contributed by atoms with van der Waals surface area (Å²) >= 11 is 0. The van der Waals surface area contributed by atoms with Gasteiger partial charge in [-0.05, 0) is 18.1 Å². The number of nitrogens with one attached hydrogen (secondary N) is 1. The molecule has 1 aromatic carbocycles. The average Bonchev–Trinajstić information content (AvgIpc) is 2.95. The van der Waals surface area contributed by atoms with Crippen molar-refractivity contribution in [2.45, 2.75) is 18.8 Å². The van der Waals surface area contributed by atoms with E-state index in [1.165, 1.54) is 12.1 Å². The molecule has 0 bridgehead atoms. The fraction of sp³-hybridized carbons (Fsp3) is 0.333. The topological polar surface area (TPSA) is 100 Å². The summed E-state index contributed by atoms with van der Waals surface area (Å²) in [5.74, 6) is -0.359. The Hall–Kier alpha value is -2.85. The van der Waals surface area contributed by atoms with E-state index in [1.54, 1.807) is 29.3 Å². The molecule has 1 amide bonds. The number of benzene rings is 1. The second kappa shape index (κ2) is 8.03. The first-order valence-corrected chi connectivity index (χ1v) is 8.51. The van der Waals surface area contributed by atoms with Crippen molar-refractivity contribution in [2.24, 2.45) is 10.7 Å². The number of halogens is 3. The molecule has 1 unspecified atom stereocenters. The number of primary amides is 1. The van der Waals surface area contributed by atoms with E-state index in [0.717, 1.165) is 5.57 Å². The Morgan fingerprint density at radius 3 is 2.79 bits per heavy atom. The number of carbonyl (C=O) groups excluding carboxylic acids is 1. The van der Waals surface area contributed by atoms with Gasteiger partial charge in [-0.1, -0.05) is 30.4 Å². The second-order valence-electron chi connectivity index (χ2n) is 6.24. The van der Waals surface area contributed by atoms with Gasteiger partial charge in [-0.3, -0.25) is 9.79 Å². The molecule has 1 heterocycles. The van der Waals surface area contributed by atoms with Crippen LogP contribution in [0.2, 0.25) is 0 Å². The normalized spacial score (nSPS) is 21.0. The van der Waals surface area contributed by atoms with Crippen LogP contribution < -0.4 is 15.9 Å². The predicted molar refractivity (Wildman–Crippen MR) is 96.0 cm³/mol. The molecule has 1 atom stereocenters. The van der Waals surface area contributed by atoms with Crippen molar-refractivity contribution < 1.29 is 27.8 Å². The van der Waals surface area contributed by atoms with Gasteiger partial charge in [0.25, 0.3) is 0 Å². The highest BCUT2D eigenvalue weighted by Crippen LogP contribution is 2.38. The van der Waals surface area contributed by atoms with Crippen molar-refractivity contribution in [2.75, 3.05) is 19.7 Å². The maximum Gasteiger partial charge on any atom is 0.573 e. The number of amides is 1. The quantitative estimate of drug-likeness (QED) is 0.674. The number of carbonyl (C=O) groups is 1. The predicted octanol–water partition coefficient (Wildman–Crippen LogP) is 1.36. The Morgan fingerprint density at radius 2 is 2.11 bits per heavy atom. The number of alkyl halides is 3. The highest BCUT2D eigenvalue weighted by atomic mass is 19.4. The fourth-order valence-electron chi connectivity index (χ4n) is 3.23. The number of hydrogen-bond acceptors (Lipinski definition) is 5. The van der Waals surface area contributed by atoms with Crippen LogP contribution in [0.25, 0.3) is 5.57 Å². The number of ether oxygens (including phenoxy) is 1. The van der Waals surface area contributed by atoms with Crippen LogP contribution >= 0.6 is 0 Å². The van der Waals surface area contributed by atoms with Crippen molar-refractivity contribution in [1.29, 1.82) is 0 Å². The van der Waals surface area contributed by atoms with Crippen LogP contribution in [0.1, 0.15) is 12.0 Å². The molecular weight excluding hydrogens is 377 g/mol. The third-order valence-electron chi connectivity index (χ3n) is 4.29. The molecule has 1 aromatic rings. The Kier molecular flexibility index (Phi) is 5.71. The standard InChI is InChI=1S/C18H19F3N4O3/c19-18(20,21)28-15-4-2-1-3-12(15)11-5-6-13-14(9-11)25(10-16(22)27)24-17(13)23-7-8-26/h1-6,14,26H,7-10H2,(H2,22,27)(H,23,24). The van der Waals surface area contributed by atoms with Gasteiger partial charge in [0.15, 0.2) is 0 Å². The highest BCUT2D eigenvalue weighted by molar-refractivity contribution is 6.03. The van der Waals surface area contributed by atoms with Gasteiger partial charge in [0, 0.05) is 11.1 Å². The zero-order valence-electron chi connectivity index (χ0n) is 14.7. The first kappa shape index (κ1) is 19.9. The summed E-state index contributed by atoms with van der Waals surface area (Å²) in [4.78, 5) is 15.6. The molecule has 0 aromatic heterocycles. The van der Waals surface area contributed by atoms with Crippen LogP contribution in [0, 0.1) is 0 Å². The van der Waals surface area contributed by atoms with Crippen molar-refractivity contribution in [3.8, 4) is 5.75 Å². The van der Waals surface area contributed by atoms with E-state index >= 15 is 0 Å². The number of nitrogens with zero attached hydrogens (tertiary/aromatic N) is 2. The van der Waals surface area contributed by atoms with Crippen LogP contribution in [-0.4, -0.2) is 54.0 Å². The van der Waals surface area contributed by atoms with E-state index in [-0.39, 0.29) is 31.5 Å². The summed E-state index contributed by atoms with van der Waals surface area (Å²) in [7, 11) is 0. The van der Waals surface area contributed by atoms with Crippen molar-refractivity contribution in [3.05, 3.63) is 47.6 Å². The van der Waals surface area contributed by atoms with Gasteiger partial charge in [0.1, 0.15) is 11.6 Å². The summed E-state index contributed by atoms with van der Waals surface area (Å²) < 4.78 is 42.3. The number of fused-ring (bicyclic) bond motifs is 1. The molecule has 3 rings (SSSR count). The van der Waals surface area contributed by atoms with E-state index in [9.17, 15) is 18.0 Å². The van der Waals surface area contributed by atoms with Crippen molar-refractivity contribution in [1.82, 2.24) is 10.4 Å². The summed E-state index contributed by atoms with van der Waals surface area (Å²) in [5, 5.41) is 10.6. The van der Waals surface area contributed by atoms with E-state index in [4.69, 9.17) is 10.8 Å². The number of hydrazine groups is 1. The molecule has 0 saturated carbocycles. The van der Waals surface area contributed by atoms with E-state index in [0.29, 0.717) is 23.4 Å². The molecule has 1 fully saturated rings. The van der Waals surface area contributed by atoms with Gasteiger partial charge in [-0.2, -0.15) is 0 Å². The number of nitrogens with two attached hydrogens (primary N) is 1. The van der Waals surface area contributed by atoms with Gasteiger partial charge < -0.3 is 21.0 Å². The zero-order valence-corrected chi connectivity index (χ0v) is 14.7. The fourth-order valence-corrected chi connectivity index (χ4v) is 3.23. The lowest BCUT2D eigenvalue weighted by Crippen LogP contribution is -2.44. The number of aliphatic hydroxyl groups excluding tert-OH is 1. The van der Waals surface area contributed by atoms with Gasteiger partial charge in [0.05, 0.1) is 25.7 Å². The molecule has 1 aliphatic heterocycles. The van der Waals surface area contributed by atoms with Crippen LogP contribution in [0.5, 0.6) is 5.75 Å². The summed E-state index contributed by atoms with van der Waals surface area (Å²) in [6, 6.07) is 5.55. The van der Waals surface area contributed by atoms with Crippen molar-refractivity contribution >= 4 is 17.3 Å². The van der Waals surface area contributed by atoms with Crippen LogP contribution in [0.3, 0.4) is 0 Å². The lowest BCUT2D eigenvalue weighted by Gasteiger charge is -2.26. The lowest BCUT2D eigenvalue weighted by atomic mass is 9.89. The first-order chi connectivity index (χ1) is 13.3. The van der Waals surface area contributed by atoms with Crippen LogP contribution in [-0.2, 0) is 4.79 Å². The smallest absolute Gasteiger partial charge is 0.405 e. The minimum absolute atomic E-state index is 0.103. The Balaban J connectivity index is 1.94. The lowest BCUT2D eigenvalue weighted by molar-refractivity contribution is -0.274. The highest BCUT2D eigenvalue weighted by Gasteiger charge is 2.38. The van der Waals surface area contributed by atoms with Gasteiger partial charge in [-0.15, -0.1) is 13.2 Å². The number of aliphatic hydroxyl groups is 1. The third kappa shape index (κ3) is 4.52. The van der Waals surface area contributed by atoms with E-state index in [2.05, 4.69) is 15.2 Å². The minimum atomic E-state index is -4.80. The Bertz CT molecular complexity index is 849. The number of allylic oxidation sites excluding steroid dienone is 2. The number of hydrogen-bond donors (Lipinski definition) is 3. The first-order valence-electron chi connectivity index (χ1n) is 8.51. The molecule has 0 radical (unpaired) electrons. The molecule has 1 saturated heterocycles. The van der Waals surface area contributed by atoms with Crippen LogP contribution in [0.15, 0.2) is 47.0 Å². The molecule has 2 aliphatic rings. The van der Waals surface area contributed by atoms with E-state index < -0.39 is 12.3 Å². The van der Waals surface area contributed by atoms with Crippen molar-refractivity contribution in [3.63, 3.8) is 0 Å². The summed E-state index contributed by atoms with van der Waals surface area (Å²) in [6.07, 6.45) is -1.04. The molecular formula is C18H19F3N4O3. The number of aliphatic imine (C=N–C) groups is 1. The molecule has 150 valence electrons. The maximum absolute atomic E-state index is 12.7. The Morgan fingerprint density at radius 1 is 1.36 bits per heavy atom. The second-order valence-corrected chi connectivity index (χ2v) is 6.24. The molecule has 7 nitrogen and oxygen atoms in total. The largest absolute Gasteiger partial charge is 0.573 e. The van der Waals surface area contributed by atoms with E-state index in [1.807, 2.05) is 0 Å². The molecule has 28 heavy (non-hydrogen) atoms. The summed E-state index contributed by atoms with van der Waals surface area (Å²) in [6.45, 7) is -0.0635. The molecule has 0 spiro atoms. The number of amidine groups is 1. The minimum Gasteiger partial charge on any atom is -0.405 e. The van der Waals surface area contributed by atoms with Gasteiger partial charge >= 0.3 is 6.36 Å². The maximum atomic E-state index is 12.7. The Labute approximate surface area is 159 Å². The third-order valence-corrected chi connectivity index (χ3v) is 4.29. The average molecular weight is 396 g/mol. The molecule has 10 heteroatoms. The monoisotopic (exact) mass is 396 g/mol. The van der Waals surface area contributed by atoms with Gasteiger partial charge in [-0.25, -0.2) is 5.01 Å². The van der Waals surface area contributed by atoms with Gasteiger partial charge in [0.2, 0.25) is 5.91 Å². The SMILES string of the molecule is NC(=O)CN1NC(=NCCO)C2=CC=C(c3ccccc3OC(F)(F)F)CC21.